The van der Waals surface area contributed by atoms with Crippen LogP contribution in [0, 0.1) is 0 Å². The lowest BCUT2D eigenvalue weighted by atomic mass is 10.1. The molecule has 136 valence electrons. The van der Waals surface area contributed by atoms with Gasteiger partial charge in [0.25, 0.3) is 0 Å². The van der Waals surface area contributed by atoms with Crippen molar-refractivity contribution in [3.8, 4) is 0 Å². The number of nitrogen functional groups attached to an aromatic ring is 1. The van der Waals surface area contributed by atoms with Crippen molar-refractivity contribution in [2.45, 2.75) is 71.4 Å². The lowest BCUT2D eigenvalue weighted by Crippen LogP contribution is -2.32. The zero-order chi connectivity index (χ0) is 17.9. The van der Waals surface area contributed by atoms with Crippen LogP contribution in [-0.4, -0.2) is 45.7 Å². The molecule has 1 unspecified atom stereocenters. The average molecular weight is 341 g/mol. The highest BCUT2D eigenvalue weighted by molar-refractivity contribution is 5.36. The van der Waals surface area contributed by atoms with Crippen LogP contribution in [0.1, 0.15) is 45.9 Å². The van der Waals surface area contributed by atoms with E-state index < -0.39 is 11.9 Å². The number of ether oxygens (including phenoxy) is 3. The molecule has 2 heterocycles. The summed E-state index contributed by atoms with van der Waals surface area (Å²) >= 11 is 0. The first-order valence-corrected chi connectivity index (χ1v) is 8.22. The van der Waals surface area contributed by atoms with Gasteiger partial charge in [-0.15, -0.1) is 0 Å². The quantitative estimate of drug-likeness (QED) is 0.756. The van der Waals surface area contributed by atoms with Gasteiger partial charge in [0.2, 0.25) is 0 Å². The van der Waals surface area contributed by atoms with Gasteiger partial charge in [0.1, 0.15) is 18.1 Å². The third-order valence-corrected chi connectivity index (χ3v) is 3.76. The van der Waals surface area contributed by atoms with Gasteiger partial charge in [-0.25, -0.2) is 4.79 Å². The zero-order valence-electron chi connectivity index (χ0n) is 14.6. The zero-order valence-corrected chi connectivity index (χ0v) is 14.6. The fourth-order valence-electron chi connectivity index (χ4n) is 2.65. The molecule has 2 rings (SSSR count). The van der Waals surface area contributed by atoms with Crippen molar-refractivity contribution < 1.29 is 19.3 Å². The molecule has 3 N–H and O–H groups in total. The van der Waals surface area contributed by atoms with Crippen molar-refractivity contribution in [1.29, 1.82) is 0 Å². The molecule has 0 radical (unpaired) electrons. The predicted octanol–water partition coefficient (Wildman–Crippen LogP) is 0.824. The van der Waals surface area contributed by atoms with Crippen molar-refractivity contribution in [3.05, 3.63) is 22.2 Å². The average Bonchev–Trinajstić information content (AvgIpc) is 2.87. The van der Waals surface area contributed by atoms with Crippen molar-refractivity contribution >= 4 is 5.82 Å². The number of aliphatic hydroxyl groups is 1. The van der Waals surface area contributed by atoms with E-state index in [2.05, 4.69) is 4.98 Å². The second-order valence-electron chi connectivity index (χ2n) is 6.47. The maximum atomic E-state index is 12.1. The summed E-state index contributed by atoms with van der Waals surface area (Å²) in [6.07, 6.45) is 1.12. The van der Waals surface area contributed by atoms with Gasteiger partial charge in [0.05, 0.1) is 31.5 Å². The maximum Gasteiger partial charge on any atom is 0.351 e. The number of rotatable bonds is 7. The molecule has 0 aliphatic carbocycles. The Hall–Kier alpha value is -1.48. The molecular formula is C16H27N3O5. The van der Waals surface area contributed by atoms with Gasteiger partial charge in [-0.1, -0.05) is 0 Å². The minimum Gasteiger partial charge on any atom is -0.391 e. The van der Waals surface area contributed by atoms with E-state index in [1.165, 1.54) is 10.8 Å². The summed E-state index contributed by atoms with van der Waals surface area (Å²) < 4.78 is 18.9. The van der Waals surface area contributed by atoms with Crippen LogP contribution in [0.2, 0.25) is 0 Å². The van der Waals surface area contributed by atoms with E-state index in [4.69, 9.17) is 19.9 Å². The molecule has 8 nitrogen and oxygen atoms in total. The Morgan fingerprint density at radius 1 is 1.42 bits per heavy atom. The maximum absolute atomic E-state index is 12.1. The van der Waals surface area contributed by atoms with E-state index in [0.717, 1.165) is 0 Å². The number of aliphatic hydroxyl groups excluding tert-OH is 1. The van der Waals surface area contributed by atoms with E-state index in [0.29, 0.717) is 18.6 Å². The van der Waals surface area contributed by atoms with Crippen LogP contribution in [-0.2, 0) is 20.8 Å². The lowest BCUT2D eigenvalue weighted by Gasteiger charge is -2.21. The number of nitrogens with two attached hydrogens (primary N) is 1. The molecule has 0 bridgehead atoms. The Bertz CT molecular complexity index is 602. The molecule has 0 spiro atoms. The van der Waals surface area contributed by atoms with Gasteiger partial charge in [0.15, 0.2) is 0 Å². The first-order chi connectivity index (χ1) is 11.3. The summed E-state index contributed by atoms with van der Waals surface area (Å²) in [6.45, 7) is 7.90. The molecule has 1 aliphatic rings. The van der Waals surface area contributed by atoms with E-state index in [1.807, 2.05) is 27.7 Å². The van der Waals surface area contributed by atoms with Crippen LogP contribution in [0.15, 0.2) is 11.0 Å². The minimum atomic E-state index is -0.527. The molecule has 0 amide bonds. The molecule has 0 aromatic carbocycles. The Labute approximate surface area is 141 Å². The van der Waals surface area contributed by atoms with Crippen LogP contribution >= 0.6 is 0 Å². The molecule has 24 heavy (non-hydrogen) atoms. The lowest BCUT2D eigenvalue weighted by molar-refractivity contribution is -0.0963. The Balaban J connectivity index is 2.21. The van der Waals surface area contributed by atoms with E-state index in [9.17, 15) is 9.90 Å². The monoisotopic (exact) mass is 341 g/mol. The number of hydrogen-bond acceptors (Lipinski definition) is 7. The number of hydrogen-bond donors (Lipinski definition) is 2. The van der Waals surface area contributed by atoms with Crippen molar-refractivity contribution in [2.75, 3.05) is 12.3 Å². The third-order valence-electron chi connectivity index (χ3n) is 3.76. The van der Waals surface area contributed by atoms with Gasteiger partial charge < -0.3 is 25.1 Å². The summed E-state index contributed by atoms with van der Waals surface area (Å²) in [5.74, 6) is 0.0337. The van der Waals surface area contributed by atoms with Gasteiger partial charge >= 0.3 is 5.69 Å². The fraction of sp³-hybridized carbons (Fsp3) is 0.750. The van der Waals surface area contributed by atoms with Crippen LogP contribution in [0.3, 0.4) is 0 Å². The topological polar surface area (TPSA) is 109 Å². The highest BCUT2D eigenvalue weighted by atomic mass is 16.6. The normalized spacial score (nSPS) is 24.2. The summed E-state index contributed by atoms with van der Waals surface area (Å²) in [4.78, 5) is 15.9. The number of aromatic nitrogens is 2. The largest absolute Gasteiger partial charge is 0.391 e. The third kappa shape index (κ3) is 4.54. The van der Waals surface area contributed by atoms with E-state index in [1.54, 1.807) is 0 Å². The SMILES string of the molecule is CC(C)OC[C@H]1O[C@@H](n2cc(CO)c(N)nc2=O)CC1OC(C)C. The smallest absolute Gasteiger partial charge is 0.351 e. The van der Waals surface area contributed by atoms with Crippen LogP contribution in [0.25, 0.3) is 0 Å². The molecule has 8 heteroatoms. The molecule has 1 aromatic rings. The molecule has 1 saturated heterocycles. The molecule has 1 aromatic heterocycles. The Morgan fingerprint density at radius 3 is 2.71 bits per heavy atom. The van der Waals surface area contributed by atoms with Crippen molar-refractivity contribution in [3.63, 3.8) is 0 Å². The van der Waals surface area contributed by atoms with E-state index >= 15 is 0 Å². The summed E-state index contributed by atoms with van der Waals surface area (Å²) in [6, 6.07) is 0. The first-order valence-electron chi connectivity index (χ1n) is 8.22. The molecule has 1 fully saturated rings. The van der Waals surface area contributed by atoms with Crippen LogP contribution in [0.5, 0.6) is 0 Å². The highest BCUT2D eigenvalue weighted by Gasteiger charge is 2.38. The van der Waals surface area contributed by atoms with Crippen LogP contribution < -0.4 is 11.4 Å². The Morgan fingerprint density at radius 2 is 2.12 bits per heavy atom. The molecular weight excluding hydrogens is 314 g/mol. The van der Waals surface area contributed by atoms with Crippen molar-refractivity contribution in [1.82, 2.24) is 9.55 Å². The summed E-state index contributed by atoms with van der Waals surface area (Å²) in [7, 11) is 0. The van der Waals surface area contributed by atoms with Crippen LogP contribution in [0.4, 0.5) is 5.82 Å². The Kier molecular flexibility index (Phi) is 6.34. The van der Waals surface area contributed by atoms with Gasteiger partial charge in [-0.05, 0) is 27.7 Å². The molecule has 1 aliphatic heterocycles. The minimum absolute atomic E-state index is 0.0337. The van der Waals surface area contributed by atoms with Crippen molar-refractivity contribution in [2.24, 2.45) is 0 Å². The standard InChI is InChI=1S/C16H27N3O5/c1-9(2)22-8-13-12(23-10(3)4)5-14(24-13)19-6-11(7-20)15(17)18-16(19)21/h6,9-10,12-14,20H,5,7-8H2,1-4H3,(H2,17,18,21)/t12?,13-,14-/m1/s1. The summed E-state index contributed by atoms with van der Waals surface area (Å²) in [5, 5.41) is 9.32. The predicted molar refractivity (Wildman–Crippen MR) is 88.5 cm³/mol. The second kappa shape index (κ2) is 8.06. The first kappa shape index (κ1) is 18.9. The molecule has 0 saturated carbocycles. The fourth-order valence-corrected chi connectivity index (χ4v) is 2.65. The van der Waals surface area contributed by atoms with Gasteiger partial charge in [-0.3, -0.25) is 4.57 Å². The summed E-state index contributed by atoms with van der Waals surface area (Å²) in [5.41, 5.74) is 5.51. The number of nitrogens with zero attached hydrogens (tertiary/aromatic N) is 2. The highest BCUT2D eigenvalue weighted by Crippen LogP contribution is 2.31. The second-order valence-corrected chi connectivity index (χ2v) is 6.47. The van der Waals surface area contributed by atoms with Gasteiger partial charge in [-0.2, -0.15) is 4.98 Å². The van der Waals surface area contributed by atoms with Gasteiger partial charge in [0, 0.05) is 18.2 Å². The number of anilines is 1. The van der Waals surface area contributed by atoms with E-state index in [-0.39, 0.29) is 36.8 Å². The molecule has 3 atom stereocenters.